The smallest absolute Gasteiger partial charge is 0.233 e. The first-order valence-electron chi connectivity index (χ1n) is 9.50. The van der Waals surface area contributed by atoms with Crippen molar-refractivity contribution >= 4 is 11.8 Å². The van der Waals surface area contributed by atoms with Crippen LogP contribution >= 0.6 is 0 Å². The Morgan fingerprint density at radius 1 is 1.00 bits per heavy atom. The lowest BCUT2D eigenvalue weighted by molar-refractivity contribution is -0.135. The summed E-state index contributed by atoms with van der Waals surface area (Å²) in [5, 5.41) is 0. The highest BCUT2D eigenvalue weighted by Crippen LogP contribution is 2.35. The summed E-state index contributed by atoms with van der Waals surface area (Å²) in [5.74, 6) is 1.57. The molecule has 0 unspecified atom stereocenters. The van der Waals surface area contributed by atoms with Gasteiger partial charge < -0.3 is 14.5 Å². The number of piperidine rings is 1. The van der Waals surface area contributed by atoms with Gasteiger partial charge in [-0.3, -0.25) is 9.59 Å². The lowest BCUT2D eigenvalue weighted by Crippen LogP contribution is -2.42. The van der Waals surface area contributed by atoms with Crippen molar-refractivity contribution in [2.24, 2.45) is 5.92 Å². The minimum Gasteiger partial charge on any atom is -0.492 e. The molecule has 134 valence electrons. The fraction of sp³-hybridized carbons (Fsp3) is 0.600. The normalized spacial score (nSPS) is 23.4. The second kappa shape index (κ2) is 7.06. The van der Waals surface area contributed by atoms with Crippen molar-refractivity contribution in [1.82, 2.24) is 9.80 Å². The van der Waals surface area contributed by atoms with E-state index in [1.807, 2.05) is 34.1 Å². The van der Waals surface area contributed by atoms with Crippen LogP contribution in [0.15, 0.2) is 24.3 Å². The monoisotopic (exact) mass is 342 g/mol. The highest BCUT2D eigenvalue weighted by Gasteiger charge is 2.35. The standard InChI is InChI=1S/C20H26N2O3/c23-19(21-9-3-4-10-21)13-15-7-11-22(12-8-15)20(24)17-14-25-18-6-2-1-5-16(17)18/h1-2,5-6,15,17H,3-4,7-14H2/t17-/m1/s1. The van der Waals surface area contributed by atoms with Gasteiger partial charge in [-0.15, -0.1) is 0 Å². The van der Waals surface area contributed by atoms with E-state index >= 15 is 0 Å². The molecule has 0 N–H and O–H groups in total. The van der Waals surface area contributed by atoms with E-state index in [4.69, 9.17) is 4.74 Å². The maximum Gasteiger partial charge on any atom is 0.233 e. The Hall–Kier alpha value is -2.04. The fourth-order valence-electron chi connectivity index (χ4n) is 4.29. The number of hydrogen-bond acceptors (Lipinski definition) is 3. The zero-order valence-electron chi connectivity index (χ0n) is 14.7. The molecule has 0 spiro atoms. The van der Waals surface area contributed by atoms with Crippen LogP contribution in [0.2, 0.25) is 0 Å². The number of para-hydroxylation sites is 1. The number of amides is 2. The summed E-state index contributed by atoms with van der Waals surface area (Å²) < 4.78 is 5.66. The van der Waals surface area contributed by atoms with E-state index in [1.54, 1.807) is 0 Å². The van der Waals surface area contributed by atoms with E-state index < -0.39 is 0 Å². The van der Waals surface area contributed by atoms with Crippen molar-refractivity contribution in [2.75, 3.05) is 32.8 Å². The summed E-state index contributed by atoms with van der Waals surface area (Å²) in [6.07, 6.45) is 4.80. The number of hydrogen-bond donors (Lipinski definition) is 0. The second-order valence-electron chi connectivity index (χ2n) is 7.46. The molecule has 0 aliphatic carbocycles. The predicted molar refractivity (Wildman–Crippen MR) is 94.4 cm³/mol. The number of rotatable bonds is 3. The molecular weight excluding hydrogens is 316 g/mol. The van der Waals surface area contributed by atoms with Crippen LogP contribution in [-0.2, 0) is 9.59 Å². The maximum absolute atomic E-state index is 12.9. The zero-order chi connectivity index (χ0) is 17.2. The van der Waals surface area contributed by atoms with Crippen LogP contribution in [0.1, 0.15) is 43.6 Å². The van der Waals surface area contributed by atoms with Gasteiger partial charge in [0.2, 0.25) is 11.8 Å². The Bertz CT molecular complexity index is 646. The minimum atomic E-state index is -0.168. The minimum absolute atomic E-state index is 0.168. The largest absolute Gasteiger partial charge is 0.492 e. The van der Waals surface area contributed by atoms with E-state index in [1.165, 1.54) is 0 Å². The molecule has 3 aliphatic rings. The van der Waals surface area contributed by atoms with E-state index in [-0.39, 0.29) is 11.8 Å². The zero-order valence-corrected chi connectivity index (χ0v) is 14.7. The molecule has 0 bridgehead atoms. The molecule has 1 aromatic rings. The van der Waals surface area contributed by atoms with Crippen LogP contribution in [0.25, 0.3) is 0 Å². The number of carbonyl (C=O) groups is 2. The number of benzene rings is 1. The molecular formula is C20H26N2O3. The van der Waals surface area contributed by atoms with Crippen LogP contribution < -0.4 is 4.74 Å². The average molecular weight is 342 g/mol. The number of ether oxygens (including phenoxy) is 1. The molecule has 0 saturated carbocycles. The Morgan fingerprint density at radius 3 is 2.48 bits per heavy atom. The molecule has 2 amide bonds. The first-order valence-corrected chi connectivity index (χ1v) is 9.50. The summed E-state index contributed by atoms with van der Waals surface area (Å²) in [6, 6.07) is 7.82. The van der Waals surface area contributed by atoms with Crippen molar-refractivity contribution in [2.45, 2.75) is 38.0 Å². The van der Waals surface area contributed by atoms with E-state index in [0.29, 0.717) is 24.9 Å². The predicted octanol–water partition coefficient (Wildman–Crippen LogP) is 2.41. The van der Waals surface area contributed by atoms with Crippen LogP contribution in [0.4, 0.5) is 0 Å². The molecule has 1 atom stereocenters. The van der Waals surface area contributed by atoms with Gasteiger partial charge in [0, 0.05) is 38.2 Å². The molecule has 5 heteroatoms. The molecule has 2 fully saturated rings. The number of nitrogens with zero attached hydrogens (tertiary/aromatic N) is 2. The first kappa shape index (κ1) is 16.4. The van der Waals surface area contributed by atoms with Gasteiger partial charge in [0.25, 0.3) is 0 Å². The van der Waals surface area contributed by atoms with Gasteiger partial charge in [-0.1, -0.05) is 18.2 Å². The van der Waals surface area contributed by atoms with Gasteiger partial charge in [-0.25, -0.2) is 0 Å². The fourth-order valence-corrected chi connectivity index (χ4v) is 4.29. The molecule has 0 radical (unpaired) electrons. The van der Waals surface area contributed by atoms with Crippen molar-refractivity contribution < 1.29 is 14.3 Å². The highest BCUT2D eigenvalue weighted by atomic mass is 16.5. The first-order chi connectivity index (χ1) is 12.2. The Kier molecular flexibility index (Phi) is 4.64. The van der Waals surface area contributed by atoms with Gasteiger partial charge >= 0.3 is 0 Å². The molecule has 4 rings (SSSR count). The molecule has 2 saturated heterocycles. The molecule has 0 aromatic heterocycles. The van der Waals surface area contributed by atoms with Gasteiger partial charge in [-0.05, 0) is 37.7 Å². The number of fused-ring (bicyclic) bond motifs is 1. The molecule has 3 aliphatic heterocycles. The SMILES string of the molecule is O=C(CC1CCN(C(=O)[C@@H]2COc3ccccc32)CC1)N1CCCC1. The maximum atomic E-state index is 12.9. The summed E-state index contributed by atoms with van der Waals surface area (Å²) in [6.45, 7) is 3.82. The summed E-state index contributed by atoms with van der Waals surface area (Å²) in [5.41, 5.74) is 1.01. The second-order valence-corrected chi connectivity index (χ2v) is 7.46. The van der Waals surface area contributed by atoms with Crippen molar-refractivity contribution in [3.63, 3.8) is 0 Å². The Morgan fingerprint density at radius 2 is 1.72 bits per heavy atom. The highest BCUT2D eigenvalue weighted by molar-refractivity contribution is 5.85. The molecule has 3 heterocycles. The third kappa shape index (κ3) is 3.37. The lowest BCUT2D eigenvalue weighted by atomic mass is 9.91. The summed E-state index contributed by atoms with van der Waals surface area (Å²) >= 11 is 0. The van der Waals surface area contributed by atoms with Gasteiger partial charge in [0.05, 0.1) is 0 Å². The van der Waals surface area contributed by atoms with E-state index in [2.05, 4.69) is 0 Å². The topological polar surface area (TPSA) is 49.9 Å². The van der Waals surface area contributed by atoms with Crippen molar-refractivity contribution in [3.8, 4) is 5.75 Å². The number of carbonyl (C=O) groups excluding carboxylic acids is 2. The van der Waals surface area contributed by atoms with E-state index in [0.717, 1.165) is 63.2 Å². The van der Waals surface area contributed by atoms with Crippen molar-refractivity contribution in [3.05, 3.63) is 29.8 Å². The van der Waals surface area contributed by atoms with Crippen LogP contribution in [0, 0.1) is 5.92 Å². The summed E-state index contributed by atoms with van der Waals surface area (Å²) in [4.78, 5) is 29.1. The number of likely N-dealkylation sites (tertiary alicyclic amines) is 2. The third-order valence-electron chi connectivity index (χ3n) is 5.85. The lowest BCUT2D eigenvalue weighted by Gasteiger charge is -2.33. The van der Waals surface area contributed by atoms with Crippen molar-refractivity contribution in [1.29, 1.82) is 0 Å². The summed E-state index contributed by atoms with van der Waals surface area (Å²) in [7, 11) is 0. The van der Waals surface area contributed by atoms with Gasteiger partial charge in [0.15, 0.2) is 0 Å². The van der Waals surface area contributed by atoms with Crippen LogP contribution in [-0.4, -0.2) is 54.4 Å². The average Bonchev–Trinajstić information content (AvgIpc) is 3.32. The Balaban J connectivity index is 1.30. The van der Waals surface area contributed by atoms with E-state index in [9.17, 15) is 9.59 Å². The molecule has 5 nitrogen and oxygen atoms in total. The molecule has 1 aromatic carbocycles. The Labute approximate surface area is 148 Å². The molecule has 25 heavy (non-hydrogen) atoms. The van der Waals surface area contributed by atoms with Crippen LogP contribution in [0.3, 0.4) is 0 Å². The van der Waals surface area contributed by atoms with Crippen LogP contribution in [0.5, 0.6) is 5.75 Å². The third-order valence-corrected chi connectivity index (χ3v) is 5.85. The quantitative estimate of drug-likeness (QED) is 0.848. The van der Waals surface area contributed by atoms with Gasteiger partial charge in [0.1, 0.15) is 18.3 Å². The van der Waals surface area contributed by atoms with Gasteiger partial charge in [-0.2, -0.15) is 0 Å².